The van der Waals surface area contributed by atoms with E-state index in [4.69, 9.17) is 59.2 Å². The maximum Gasteiger partial charge on any atom is 0.303 e. The minimum absolute atomic E-state index is 0.00536. The summed E-state index contributed by atoms with van der Waals surface area (Å²) in [4.78, 5) is 22.4. The van der Waals surface area contributed by atoms with E-state index in [2.05, 4.69) is 0 Å². The Kier molecular flexibility index (Phi) is 7.59. The molecule has 0 unspecified atom stereocenters. The van der Waals surface area contributed by atoms with Gasteiger partial charge in [-0.2, -0.15) is 0 Å². The molecule has 0 aromatic rings. The highest BCUT2D eigenvalue weighted by atomic mass is 35.6. The van der Waals surface area contributed by atoms with Gasteiger partial charge in [0.1, 0.15) is 6.61 Å². The molecule has 138 valence electrons. The monoisotopic (exact) mass is 403 g/mol. The summed E-state index contributed by atoms with van der Waals surface area (Å²) in [6.45, 7) is 6.22. The third-order valence-electron chi connectivity index (χ3n) is 3.76. The molecule has 0 saturated carbocycles. The Hall–Kier alpha value is -0.760. The summed E-state index contributed by atoms with van der Waals surface area (Å²) in [5.74, 6) is -1.98. The van der Waals surface area contributed by atoms with Crippen LogP contribution in [0.15, 0.2) is 0 Å². The number of hydrogen-bond acceptors (Lipinski definition) is 7. The summed E-state index contributed by atoms with van der Waals surface area (Å²) in [6.07, 6.45) is -2.49. The molecular weight excluding hydrogens is 385 g/mol. The van der Waals surface area contributed by atoms with Crippen LogP contribution in [-0.2, 0) is 28.5 Å². The molecule has 0 aromatic carbocycles. The molecule has 0 spiro atoms. The van der Waals surface area contributed by atoms with E-state index in [1.807, 2.05) is 13.8 Å². The van der Waals surface area contributed by atoms with Crippen molar-refractivity contribution in [2.45, 2.75) is 50.0 Å². The standard InChI is InChI=1S/C14H20Cl3NO6/c1-6-7(2)11(22-9(4)20)12(24-13(18)14(15,16)17)23-10(6)5-21-8(3)19/h6-7,10-12,18H,5H2,1-4H3/t6-,7-,10+,11-,12-/m0/s1. The fraction of sp³-hybridized carbons (Fsp3) is 0.786. The molecule has 1 heterocycles. The zero-order valence-electron chi connectivity index (χ0n) is 13.7. The average Bonchev–Trinajstić information content (AvgIpc) is 2.43. The molecule has 5 atom stereocenters. The zero-order chi connectivity index (χ0) is 18.7. The van der Waals surface area contributed by atoms with Crippen LogP contribution >= 0.6 is 34.8 Å². The van der Waals surface area contributed by atoms with Gasteiger partial charge < -0.3 is 18.9 Å². The number of nitrogens with one attached hydrogen (secondary N) is 1. The van der Waals surface area contributed by atoms with Gasteiger partial charge >= 0.3 is 11.9 Å². The van der Waals surface area contributed by atoms with E-state index in [-0.39, 0.29) is 18.4 Å². The maximum atomic E-state index is 11.4. The van der Waals surface area contributed by atoms with Crippen molar-refractivity contribution in [1.29, 1.82) is 5.41 Å². The van der Waals surface area contributed by atoms with Crippen molar-refractivity contribution in [3.05, 3.63) is 0 Å². The van der Waals surface area contributed by atoms with Crippen molar-refractivity contribution in [3.8, 4) is 0 Å². The molecule has 0 radical (unpaired) electrons. The van der Waals surface area contributed by atoms with Gasteiger partial charge in [-0.05, 0) is 5.92 Å². The molecule has 1 saturated heterocycles. The molecule has 10 heteroatoms. The molecule has 24 heavy (non-hydrogen) atoms. The van der Waals surface area contributed by atoms with Gasteiger partial charge in [-0.15, -0.1) is 0 Å². The van der Waals surface area contributed by atoms with Gasteiger partial charge in [0.05, 0.1) is 6.10 Å². The first-order chi connectivity index (χ1) is 10.9. The lowest BCUT2D eigenvalue weighted by Gasteiger charge is -2.43. The zero-order valence-corrected chi connectivity index (χ0v) is 15.9. The molecule has 0 bridgehead atoms. The second-order valence-corrected chi connectivity index (χ2v) is 7.86. The SMILES string of the molecule is CC(=O)OC[C@H]1O[C@@H](OC(=N)C(Cl)(Cl)Cl)[C@@H](OC(C)=O)[C@@H](C)[C@@H]1C. The van der Waals surface area contributed by atoms with E-state index in [9.17, 15) is 9.59 Å². The van der Waals surface area contributed by atoms with Gasteiger partial charge in [-0.3, -0.25) is 15.0 Å². The van der Waals surface area contributed by atoms with E-state index in [1.165, 1.54) is 13.8 Å². The Balaban J connectivity index is 2.95. The molecule has 1 aliphatic rings. The normalized spacial score (nSPS) is 30.4. The number of carbonyl (C=O) groups excluding carboxylic acids is 2. The van der Waals surface area contributed by atoms with Gasteiger partial charge in [0.15, 0.2) is 6.10 Å². The van der Waals surface area contributed by atoms with E-state index >= 15 is 0 Å². The maximum absolute atomic E-state index is 11.4. The second-order valence-electron chi connectivity index (χ2n) is 5.58. The molecule has 1 aliphatic heterocycles. The van der Waals surface area contributed by atoms with Crippen LogP contribution in [0, 0.1) is 17.2 Å². The number of carbonyl (C=O) groups is 2. The smallest absolute Gasteiger partial charge is 0.303 e. The van der Waals surface area contributed by atoms with Crippen molar-refractivity contribution in [2.75, 3.05) is 6.61 Å². The fourth-order valence-corrected chi connectivity index (χ4v) is 2.42. The highest BCUT2D eigenvalue weighted by molar-refractivity contribution is 6.76. The molecular formula is C14H20Cl3NO6. The fourth-order valence-electron chi connectivity index (χ4n) is 2.28. The number of hydrogen-bond donors (Lipinski definition) is 1. The van der Waals surface area contributed by atoms with Gasteiger partial charge in [-0.1, -0.05) is 48.7 Å². The van der Waals surface area contributed by atoms with Crippen LogP contribution in [0.4, 0.5) is 0 Å². The van der Waals surface area contributed by atoms with Gasteiger partial charge in [0.25, 0.3) is 3.79 Å². The molecule has 7 nitrogen and oxygen atoms in total. The van der Waals surface area contributed by atoms with Crippen molar-refractivity contribution in [3.63, 3.8) is 0 Å². The summed E-state index contributed by atoms with van der Waals surface area (Å²) < 4.78 is 19.1. The summed E-state index contributed by atoms with van der Waals surface area (Å²) >= 11 is 16.8. The lowest BCUT2D eigenvalue weighted by Crippen LogP contribution is -2.54. The summed E-state index contributed by atoms with van der Waals surface area (Å²) in [5, 5.41) is 7.68. The van der Waals surface area contributed by atoms with Crippen molar-refractivity contribution in [2.24, 2.45) is 11.8 Å². The highest BCUT2D eigenvalue weighted by Crippen LogP contribution is 2.36. The second kappa shape index (κ2) is 8.56. The lowest BCUT2D eigenvalue weighted by atomic mass is 9.83. The third-order valence-corrected chi connectivity index (χ3v) is 4.27. The van der Waals surface area contributed by atoms with Crippen LogP contribution in [0.3, 0.4) is 0 Å². The number of esters is 2. The van der Waals surface area contributed by atoms with E-state index in [0.29, 0.717) is 0 Å². The number of alkyl halides is 3. The van der Waals surface area contributed by atoms with Crippen LogP contribution < -0.4 is 0 Å². The number of ether oxygens (including phenoxy) is 4. The van der Waals surface area contributed by atoms with E-state index in [1.54, 1.807) is 0 Å². The Labute approximate surface area is 155 Å². The summed E-state index contributed by atoms with van der Waals surface area (Å²) in [6, 6.07) is 0. The lowest BCUT2D eigenvalue weighted by molar-refractivity contribution is -0.258. The minimum atomic E-state index is -2.08. The van der Waals surface area contributed by atoms with Crippen LogP contribution in [0.25, 0.3) is 0 Å². The topological polar surface area (TPSA) is 94.9 Å². The average molecular weight is 405 g/mol. The van der Waals surface area contributed by atoms with Crippen LogP contribution in [0.5, 0.6) is 0 Å². The van der Waals surface area contributed by atoms with Crippen LogP contribution in [0.2, 0.25) is 0 Å². The Bertz CT molecular complexity index is 493. The van der Waals surface area contributed by atoms with Gasteiger partial charge in [-0.25, -0.2) is 0 Å². The largest absolute Gasteiger partial charge is 0.463 e. The predicted molar refractivity (Wildman–Crippen MR) is 88.3 cm³/mol. The van der Waals surface area contributed by atoms with Crippen LogP contribution in [0.1, 0.15) is 27.7 Å². The molecule has 0 amide bonds. The quantitative estimate of drug-likeness (QED) is 0.335. The Morgan fingerprint density at radius 2 is 1.67 bits per heavy atom. The molecule has 0 aliphatic carbocycles. The van der Waals surface area contributed by atoms with Gasteiger partial charge in [0.2, 0.25) is 12.2 Å². The van der Waals surface area contributed by atoms with E-state index < -0.39 is 40.1 Å². The summed E-state index contributed by atoms with van der Waals surface area (Å²) in [7, 11) is 0. The Morgan fingerprint density at radius 1 is 1.08 bits per heavy atom. The van der Waals surface area contributed by atoms with E-state index in [0.717, 1.165) is 0 Å². The first kappa shape index (κ1) is 21.3. The van der Waals surface area contributed by atoms with Crippen molar-refractivity contribution >= 4 is 52.6 Å². The molecule has 1 rings (SSSR count). The minimum Gasteiger partial charge on any atom is -0.463 e. The predicted octanol–water partition coefficient (Wildman–Crippen LogP) is 2.84. The molecule has 1 N–H and O–H groups in total. The number of halogens is 3. The van der Waals surface area contributed by atoms with Crippen molar-refractivity contribution in [1.82, 2.24) is 0 Å². The first-order valence-electron chi connectivity index (χ1n) is 7.22. The van der Waals surface area contributed by atoms with Gasteiger partial charge in [0, 0.05) is 19.8 Å². The van der Waals surface area contributed by atoms with Crippen LogP contribution in [-0.4, -0.2) is 46.7 Å². The highest BCUT2D eigenvalue weighted by Gasteiger charge is 2.46. The Morgan fingerprint density at radius 3 is 2.12 bits per heavy atom. The number of rotatable bonds is 4. The molecule has 0 aromatic heterocycles. The van der Waals surface area contributed by atoms with Crippen molar-refractivity contribution < 1.29 is 28.5 Å². The molecule has 1 fully saturated rings. The first-order valence-corrected chi connectivity index (χ1v) is 8.35. The summed E-state index contributed by atoms with van der Waals surface area (Å²) in [5.41, 5.74) is 0. The third kappa shape index (κ3) is 5.95.